The summed E-state index contributed by atoms with van der Waals surface area (Å²) in [6.45, 7) is 3.61. The van der Waals surface area contributed by atoms with E-state index in [2.05, 4.69) is 97.2 Å². The first-order chi connectivity index (χ1) is 17.7. The molecule has 36 heavy (non-hydrogen) atoms. The minimum atomic E-state index is -0.421. The molecule has 0 aromatic heterocycles. The summed E-state index contributed by atoms with van der Waals surface area (Å²) in [5.74, 6) is 1.14. The number of aliphatic hydroxyl groups is 1. The average molecular weight is 478 g/mol. The summed E-state index contributed by atoms with van der Waals surface area (Å²) in [4.78, 5) is 0. The van der Waals surface area contributed by atoms with E-state index in [1.54, 1.807) is 0 Å². The maximum absolute atomic E-state index is 11.1. The van der Waals surface area contributed by atoms with Gasteiger partial charge in [0.05, 0.1) is 6.10 Å². The fourth-order valence-corrected chi connectivity index (χ4v) is 5.28. The van der Waals surface area contributed by atoms with Crippen molar-refractivity contribution >= 4 is 0 Å². The Morgan fingerprint density at radius 2 is 1.61 bits per heavy atom. The number of benzene rings is 4. The third-order valence-corrected chi connectivity index (χ3v) is 7.43. The molecule has 0 heterocycles. The Hall–Kier alpha value is -3.40. The van der Waals surface area contributed by atoms with Crippen molar-refractivity contribution in [1.29, 1.82) is 0 Å². The van der Waals surface area contributed by atoms with E-state index in [-0.39, 0.29) is 5.92 Å². The second-order valence-corrected chi connectivity index (χ2v) is 9.79. The van der Waals surface area contributed by atoms with Gasteiger partial charge in [-0.05, 0) is 84.2 Å². The first-order valence-electron chi connectivity index (χ1n) is 13.0. The Bertz CT molecular complexity index is 1260. The van der Waals surface area contributed by atoms with Crippen LogP contribution < -0.4 is 10.1 Å². The van der Waals surface area contributed by atoms with E-state index in [4.69, 9.17) is 4.74 Å². The molecule has 4 aromatic rings. The zero-order valence-electron chi connectivity index (χ0n) is 20.9. The van der Waals surface area contributed by atoms with Gasteiger partial charge in [-0.2, -0.15) is 0 Å². The topological polar surface area (TPSA) is 41.5 Å². The average Bonchev–Trinajstić information content (AvgIpc) is 2.94. The molecule has 5 rings (SSSR count). The number of nitrogens with one attached hydrogen (secondary N) is 1. The van der Waals surface area contributed by atoms with Crippen molar-refractivity contribution < 1.29 is 9.84 Å². The molecular weight excluding hydrogens is 442 g/mol. The number of ether oxygens (including phenoxy) is 1. The van der Waals surface area contributed by atoms with Crippen LogP contribution in [0, 0.1) is 5.92 Å². The molecule has 2 N–H and O–H groups in total. The van der Waals surface area contributed by atoms with Crippen LogP contribution >= 0.6 is 0 Å². The summed E-state index contributed by atoms with van der Waals surface area (Å²) < 4.78 is 6.22. The minimum Gasteiger partial charge on any atom is -0.489 e. The summed E-state index contributed by atoms with van der Waals surface area (Å²) in [6.07, 6.45) is 2.51. The molecule has 0 saturated carbocycles. The van der Waals surface area contributed by atoms with Gasteiger partial charge in [0.2, 0.25) is 0 Å². The number of hydrogen-bond donors (Lipinski definition) is 2. The van der Waals surface area contributed by atoms with Crippen molar-refractivity contribution in [3.8, 4) is 16.9 Å². The maximum atomic E-state index is 11.1. The lowest BCUT2D eigenvalue weighted by molar-refractivity contribution is 0.0879. The Balaban J connectivity index is 1.18. The third kappa shape index (κ3) is 5.70. The SMILES string of the molecule is C[C@@H](NCC[C@@H]1CCc2cc(OCc3ccccc3-c3ccccc3)ccc2[C@@H]1O)c1ccccc1. The van der Waals surface area contributed by atoms with Crippen LogP contribution in [0.25, 0.3) is 11.1 Å². The van der Waals surface area contributed by atoms with Crippen molar-refractivity contribution in [2.45, 2.75) is 44.9 Å². The van der Waals surface area contributed by atoms with Gasteiger partial charge >= 0.3 is 0 Å². The Morgan fingerprint density at radius 3 is 2.42 bits per heavy atom. The number of aryl methyl sites for hydroxylation is 1. The van der Waals surface area contributed by atoms with Crippen LogP contribution in [-0.2, 0) is 13.0 Å². The van der Waals surface area contributed by atoms with Crippen molar-refractivity contribution in [2.24, 2.45) is 5.92 Å². The van der Waals surface area contributed by atoms with E-state index in [0.717, 1.165) is 37.1 Å². The van der Waals surface area contributed by atoms with Crippen molar-refractivity contribution in [2.75, 3.05) is 6.54 Å². The normalized spacial score (nSPS) is 17.8. The lowest BCUT2D eigenvalue weighted by Crippen LogP contribution is -2.26. The molecule has 0 saturated heterocycles. The van der Waals surface area contributed by atoms with Gasteiger partial charge in [-0.25, -0.2) is 0 Å². The van der Waals surface area contributed by atoms with Gasteiger partial charge in [-0.15, -0.1) is 0 Å². The third-order valence-electron chi connectivity index (χ3n) is 7.43. The number of hydrogen-bond acceptors (Lipinski definition) is 3. The van der Waals surface area contributed by atoms with Gasteiger partial charge in [0, 0.05) is 6.04 Å². The fourth-order valence-electron chi connectivity index (χ4n) is 5.28. The van der Waals surface area contributed by atoms with Crippen LogP contribution in [0.2, 0.25) is 0 Å². The van der Waals surface area contributed by atoms with Gasteiger partial charge < -0.3 is 15.2 Å². The summed E-state index contributed by atoms with van der Waals surface area (Å²) in [6, 6.07) is 35.8. The maximum Gasteiger partial charge on any atom is 0.120 e. The number of fused-ring (bicyclic) bond motifs is 1. The summed E-state index contributed by atoms with van der Waals surface area (Å²) in [5, 5.41) is 14.7. The molecule has 184 valence electrons. The first kappa shape index (κ1) is 24.3. The highest BCUT2D eigenvalue weighted by molar-refractivity contribution is 5.67. The molecule has 0 bridgehead atoms. The van der Waals surface area contributed by atoms with E-state index < -0.39 is 6.10 Å². The lowest BCUT2D eigenvalue weighted by atomic mass is 9.80. The molecule has 4 aromatic carbocycles. The predicted octanol–water partition coefficient (Wildman–Crippen LogP) is 7.27. The van der Waals surface area contributed by atoms with Gasteiger partial charge in [-0.1, -0.05) is 91.0 Å². The molecule has 0 amide bonds. The smallest absolute Gasteiger partial charge is 0.120 e. The largest absolute Gasteiger partial charge is 0.489 e. The highest BCUT2D eigenvalue weighted by atomic mass is 16.5. The second kappa shape index (κ2) is 11.6. The van der Waals surface area contributed by atoms with E-state index in [1.807, 2.05) is 18.2 Å². The first-order valence-corrected chi connectivity index (χ1v) is 13.0. The molecule has 0 aliphatic heterocycles. The van der Waals surface area contributed by atoms with Gasteiger partial charge in [0.25, 0.3) is 0 Å². The standard InChI is InChI=1S/C33H35NO2/c1-24(25-10-4-2-5-11-25)34-21-20-27-16-17-28-22-30(18-19-32(28)33(27)35)36-23-29-14-8-9-15-31(29)26-12-6-3-7-13-26/h2-15,18-19,22,24,27,33-35H,16-17,20-21,23H2,1H3/t24-,27+,33-/m1/s1. The molecule has 0 unspecified atom stereocenters. The minimum absolute atomic E-state index is 0.275. The predicted molar refractivity (Wildman–Crippen MR) is 147 cm³/mol. The van der Waals surface area contributed by atoms with E-state index in [1.165, 1.54) is 27.8 Å². The summed E-state index contributed by atoms with van der Waals surface area (Å²) >= 11 is 0. The van der Waals surface area contributed by atoms with Crippen LogP contribution in [0.15, 0.2) is 103 Å². The van der Waals surface area contributed by atoms with E-state index >= 15 is 0 Å². The van der Waals surface area contributed by atoms with Crippen molar-refractivity contribution in [3.05, 3.63) is 125 Å². The molecule has 3 heteroatoms. The zero-order chi connectivity index (χ0) is 24.7. The molecule has 1 aliphatic rings. The van der Waals surface area contributed by atoms with Gasteiger partial charge in [0.15, 0.2) is 0 Å². The van der Waals surface area contributed by atoms with E-state index in [0.29, 0.717) is 12.6 Å². The molecule has 1 aliphatic carbocycles. The monoisotopic (exact) mass is 477 g/mol. The van der Waals surface area contributed by atoms with E-state index in [9.17, 15) is 5.11 Å². The lowest BCUT2D eigenvalue weighted by Gasteiger charge is -2.31. The zero-order valence-corrected chi connectivity index (χ0v) is 20.9. The molecule has 0 spiro atoms. The highest BCUT2D eigenvalue weighted by Gasteiger charge is 2.28. The van der Waals surface area contributed by atoms with Crippen molar-refractivity contribution in [3.63, 3.8) is 0 Å². The summed E-state index contributed by atoms with van der Waals surface area (Å²) in [5.41, 5.74) is 7.12. The second-order valence-electron chi connectivity index (χ2n) is 9.79. The van der Waals surface area contributed by atoms with Crippen LogP contribution in [0.1, 0.15) is 54.2 Å². The van der Waals surface area contributed by atoms with Gasteiger partial charge in [0.1, 0.15) is 12.4 Å². The van der Waals surface area contributed by atoms with Gasteiger partial charge in [-0.3, -0.25) is 0 Å². The van der Waals surface area contributed by atoms with Crippen molar-refractivity contribution in [1.82, 2.24) is 5.32 Å². The quantitative estimate of drug-likeness (QED) is 0.266. The number of aliphatic hydroxyl groups excluding tert-OH is 1. The molecule has 0 fully saturated rings. The Morgan fingerprint density at radius 1 is 0.889 bits per heavy atom. The summed E-state index contributed by atoms with van der Waals surface area (Å²) in [7, 11) is 0. The van der Waals surface area contributed by atoms with Crippen LogP contribution in [-0.4, -0.2) is 11.7 Å². The molecule has 0 radical (unpaired) electrons. The highest BCUT2D eigenvalue weighted by Crippen LogP contribution is 2.38. The molecular formula is C33H35NO2. The Labute approximate surface area is 214 Å². The van der Waals surface area contributed by atoms with Crippen LogP contribution in [0.4, 0.5) is 0 Å². The molecule has 3 nitrogen and oxygen atoms in total. The fraction of sp³-hybridized carbons (Fsp3) is 0.273. The van der Waals surface area contributed by atoms with Crippen LogP contribution in [0.3, 0.4) is 0 Å². The Kier molecular flexibility index (Phi) is 7.80. The molecule has 3 atom stereocenters. The van der Waals surface area contributed by atoms with Crippen LogP contribution in [0.5, 0.6) is 5.75 Å². The number of rotatable bonds is 9.